The number of nitriles is 1. The molecular formula is C17H13Cl2N3O4S. The van der Waals surface area contributed by atoms with Gasteiger partial charge in [0.25, 0.3) is 0 Å². The van der Waals surface area contributed by atoms with Gasteiger partial charge in [0.1, 0.15) is 16.4 Å². The first kappa shape index (κ1) is 15.7. The van der Waals surface area contributed by atoms with E-state index in [-0.39, 0.29) is 34.4 Å². The monoisotopic (exact) mass is 428 g/mol. The minimum Gasteiger partial charge on any atom is -0.456 e. The zero-order valence-corrected chi connectivity index (χ0v) is 15.9. The van der Waals surface area contributed by atoms with E-state index in [1.54, 1.807) is 0 Å². The van der Waals surface area contributed by atoms with Gasteiger partial charge in [0.05, 0.1) is 22.3 Å². The number of halogens is 2. The summed E-state index contributed by atoms with van der Waals surface area (Å²) in [6.07, 6.45) is 0. The standard InChI is InChI=1S/C17H13Cl2N3O4S/c18-12-6-13(19)8-14(7-12)26-15-2-1-11(9-20)5-16(15)27(24,25)22-4-3-21-17(23)10-22/h1-2,5-8H,3-4,10H2,(H,21,23)/i6D,7D,8D. The van der Waals surface area contributed by atoms with Crippen LogP contribution in [0.25, 0.3) is 0 Å². The van der Waals surface area contributed by atoms with Crippen molar-refractivity contribution in [2.24, 2.45) is 0 Å². The fraction of sp³-hybridized carbons (Fsp3) is 0.176. The maximum atomic E-state index is 13.2. The Balaban J connectivity index is 2.15. The SMILES string of the molecule is [2H]c1c(Cl)c([2H])c(Oc2ccc(C#N)cc2S(=O)(=O)N2CCNC(=O)C2)c([2H])c1Cl. The van der Waals surface area contributed by atoms with Gasteiger partial charge in [0, 0.05) is 23.1 Å². The molecule has 0 aliphatic carbocycles. The molecule has 0 aromatic heterocycles. The van der Waals surface area contributed by atoms with Gasteiger partial charge in [-0.05, 0) is 36.3 Å². The number of rotatable bonds is 4. The van der Waals surface area contributed by atoms with Crippen LogP contribution < -0.4 is 10.1 Å². The molecule has 0 radical (unpaired) electrons. The van der Waals surface area contributed by atoms with Gasteiger partial charge in [-0.25, -0.2) is 8.42 Å². The van der Waals surface area contributed by atoms with E-state index >= 15 is 0 Å². The number of benzene rings is 2. The highest BCUT2D eigenvalue weighted by atomic mass is 35.5. The van der Waals surface area contributed by atoms with Crippen molar-refractivity contribution in [1.82, 2.24) is 9.62 Å². The summed E-state index contributed by atoms with van der Waals surface area (Å²) in [6.45, 7) is -0.268. The molecule has 1 heterocycles. The first-order valence-electron chi connectivity index (χ1n) is 9.01. The smallest absolute Gasteiger partial charge is 0.247 e. The summed E-state index contributed by atoms with van der Waals surface area (Å²) in [5.41, 5.74) is 0.0251. The van der Waals surface area contributed by atoms with Gasteiger partial charge in [0.15, 0.2) is 0 Å². The summed E-state index contributed by atoms with van der Waals surface area (Å²) in [5.74, 6) is -1.21. The molecule has 7 nitrogen and oxygen atoms in total. The molecule has 3 rings (SSSR count). The lowest BCUT2D eigenvalue weighted by Crippen LogP contribution is -2.49. The van der Waals surface area contributed by atoms with Gasteiger partial charge in [0.2, 0.25) is 15.9 Å². The largest absolute Gasteiger partial charge is 0.456 e. The van der Waals surface area contributed by atoms with E-state index in [9.17, 15) is 18.5 Å². The van der Waals surface area contributed by atoms with E-state index in [0.29, 0.717) is 0 Å². The number of carbonyl (C=O) groups excluding carboxylic acids is 1. The first-order valence-corrected chi connectivity index (χ1v) is 9.71. The third kappa shape index (κ3) is 4.34. The van der Waals surface area contributed by atoms with E-state index in [2.05, 4.69) is 5.32 Å². The fourth-order valence-corrected chi connectivity index (χ4v) is 4.32. The Labute approximate surface area is 170 Å². The molecule has 0 unspecified atom stereocenters. The highest BCUT2D eigenvalue weighted by Gasteiger charge is 2.32. The second-order valence-corrected chi connectivity index (χ2v) is 8.06. The Hall–Kier alpha value is -2.31. The Morgan fingerprint density at radius 2 is 1.96 bits per heavy atom. The maximum absolute atomic E-state index is 13.2. The quantitative estimate of drug-likeness (QED) is 0.806. The zero-order valence-electron chi connectivity index (χ0n) is 16.5. The number of ether oxygens (including phenoxy) is 1. The maximum Gasteiger partial charge on any atom is 0.247 e. The van der Waals surface area contributed by atoms with Crippen LogP contribution in [-0.2, 0) is 14.8 Å². The van der Waals surface area contributed by atoms with Gasteiger partial charge < -0.3 is 10.1 Å². The second kappa shape index (κ2) is 7.74. The van der Waals surface area contributed by atoms with Crippen LogP contribution >= 0.6 is 23.2 Å². The summed E-state index contributed by atoms with van der Waals surface area (Å²) in [7, 11) is -4.26. The van der Waals surface area contributed by atoms with E-state index in [1.165, 1.54) is 12.1 Å². The second-order valence-electron chi connectivity index (χ2n) is 5.40. The summed E-state index contributed by atoms with van der Waals surface area (Å²) in [6, 6.07) is 3.96. The van der Waals surface area contributed by atoms with Crippen molar-refractivity contribution in [3.63, 3.8) is 0 Å². The summed E-state index contributed by atoms with van der Waals surface area (Å²) < 4.78 is 56.6. The Morgan fingerprint density at radius 1 is 1.26 bits per heavy atom. The molecule has 1 aliphatic rings. The van der Waals surface area contributed by atoms with Crippen molar-refractivity contribution in [3.05, 3.63) is 51.9 Å². The van der Waals surface area contributed by atoms with Crippen LogP contribution in [0.15, 0.2) is 41.2 Å². The minimum absolute atomic E-state index is 0.0167. The van der Waals surface area contributed by atoms with Crippen molar-refractivity contribution in [1.29, 1.82) is 5.26 Å². The molecule has 1 fully saturated rings. The number of piperazine rings is 1. The lowest BCUT2D eigenvalue weighted by molar-refractivity contribution is -0.122. The average Bonchev–Trinajstić information content (AvgIpc) is 2.74. The molecular weight excluding hydrogens is 413 g/mol. The Kier molecular flexibility index (Phi) is 4.51. The number of nitrogens with zero attached hydrogens (tertiary/aromatic N) is 2. The van der Waals surface area contributed by atoms with Crippen LogP contribution in [0.1, 0.15) is 9.68 Å². The molecule has 2 aromatic rings. The molecule has 0 saturated carbocycles. The summed E-state index contributed by atoms with van der Waals surface area (Å²) >= 11 is 11.8. The lowest BCUT2D eigenvalue weighted by Gasteiger charge is -2.26. The zero-order chi connectivity index (χ0) is 22.2. The van der Waals surface area contributed by atoms with Crippen LogP contribution in [0.4, 0.5) is 0 Å². The fourth-order valence-electron chi connectivity index (χ4n) is 2.37. The Bertz CT molecular complexity index is 1170. The van der Waals surface area contributed by atoms with Crippen molar-refractivity contribution in [3.8, 4) is 17.6 Å². The molecule has 0 spiro atoms. The minimum atomic E-state index is -4.26. The van der Waals surface area contributed by atoms with Crippen molar-refractivity contribution < 1.29 is 22.1 Å². The lowest BCUT2D eigenvalue weighted by atomic mass is 10.2. The molecule has 0 atom stereocenters. The van der Waals surface area contributed by atoms with E-state index in [4.69, 9.17) is 32.1 Å². The van der Waals surface area contributed by atoms with E-state index in [1.807, 2.05) is 6.07 Å². The summed E-state index contributed by atoms with van der Waals surface area (Å²) in [5, 5.41) is 11.0. The third-order valence-corrected chi connectivity index (χ3v) is 5.82. The van der Waals surface area contributed by atoms with Gasteiger partial charge in [-0.2, -0.15) is 9.57 Å². The molecule has 1 aliphatic heterocycles. The van der Waals surface area contributed by atoms with Crippen LogP contribution in [-0.4, -0.2) is 38.3 Å². The number of carbonyl (C=O) groups is 1. The predicted octanol–water partition coefficient (Wildman–Crippen LogP) is 2.78. The van der Waals surface area contributed by atoms with Gasteiger partial charge in [-0.1, -0.05) is 23.2 Å². The molecule has 1 N–H and O–H groups in total. The van der Waals surface area contributed by atoms with Gasteiger partial charge >= 0.3 is 0 Å². The molecule has 140 valence electrons. The molecule has 27 heavy (non-hydrogen) atoms. The van der Waals surface area contributed by atoms with Crippen LogP contribution in [0.2, 0.25) is 10.0 Å². The molecule has 2 aromatic carbocycles. The number of amides is 1. The average molecular weight is 429 g/mol. The molecule has 1 saturated heterocycles. The van der Waals surface area contributed by atoms with E-state index in [0.717, 1.165) is 10.4 Å². The number of hydrogen-bond acceptors (Lipinski definition) is 5. The van der Waals surface area contributed by atoms with Gasteiger partial charge in [-0.3, -0.25) is 4.79 Å². The normalized spacial score (nSPS) is 16.6. The Morgan fingerprint density at radius 3 is 2.59 bits per heavy atom. The first-order chi connectivity index (χ1) is 14.1. The van der Waals surface area contributed by atoms with Crippen molar-refractivity contribution >= 4 is 39.1 Å². The third-order valence-electron chi connectivity index (χ3n) is 3.57. The molecule has 0 bridgehead atoms. The van der Waals surface area contributed by atoms with Crippen LogP contribution in [0, 0.1) is 11.3 Å². The predicted molar refractivity (Wildman–Crippen MR) is 99.5 cm³/mol. The highest BCUT2D eigenvalue weighted by Crippen LogP contribution is 2.34. The van der Waals surface area contributed by atoms with Crippen molar-refractivity contribution in [2.75, 3.05) is 19.6 Å². The number of sulfonamides is 1. The topological polar surface area (TPSA) is 99.5 Å². The molecule has 10 heteroatoms. The van der Waals surface area contributed by atoms with E-state index < -0.39 is 51.2 Å². The van der Waals surface area contributed by atoms with Crippen LogP contribution in [0.3, 0.4) is 0 Å². The number of hydrogen-bond donors (Lipinski definition) is 1. The van der Waals surface area contributed by atoms with Crippen LogP contribution in [0.5, 0.6) is 11.5 Å². The summed E-state index contributed by atoms with van der Waals surface area (Å²) in [4.78, 5) is 11.2. The van der Waals surface area contributed by atoms with Gasteiger partial charge in [-0.15, -0.1) is 0 Å². The highest BCUT2D eigenvalue weighted by molar-refractivity contribution is 7.89. The number of nitrogens with one attached hydrogen (secondary N) is 1. The van der Waals surface area contributed by atoms with Crippen molar-refractivity contribution in [2.45, 2.75) is 4.90 Å². The molecule has 1 amide bonds.